The molecular weight excluding hydrogens is 390 g/mol. The molecule has 0 unspecified atom stereocenters. The first kappa shape index (κ1) is 20.4. The molecule has 150 valence electrons. The quantitative estimate of drug-likeness (QED) is 0.426. The molecule has 0 saturated heterocycles. The van der Waals surface area contributed by atoms with Gasteiger partial charge in [-0.15, -0.1) is 11.3 Å². The molecule has 1 aromatic carbocycles. The van der Waals surface area contributed by atoms with Gasteiger partial charge in [-0.1, -0.05) is 18.2 Å². The second kappa shape index (κ2) is 9.24. The van der Waals surface area contributed by atoms with Gasteiger partial charge in [-0.25, -0.2) is 0 Å². The lowest BCUT2D eigenvalue weighted by Gasteiger charge is -2.08. The van der Waals surface area contributed by atoms with Crippen molar-refractivity contribution >= 4 is 40.7 Å². The molecule has 0 saturated carbocycles. The molecule has 0 spiro atoms. The molecule has 0 amide bonds. The predicted molar refractivity (Wildman–Crippen MR) is 111 cm³/mol. The molecule has 2 heterocycles. The number of hydrogen-bond acceptors (Lipinski definition) is 9. The lowest BCUT2D eigenvalue weighted by Crippen LogP contribution is -2.12. The molecular formula is C20H21N5O3S. The lowest BCUT2D eigenvalue weighted by atomic mass is 10.1. The van der Waals surface area contributed by atoms with E-state index in [1.807, 2.05) is 50.2 Å². The maximum absolute atomic E-state index is 12.3. The van der Waals surface area contributed by atoms with Crippen molar-refractivity contribution in [1.29, 1.82) is 0 Å². The van der Waals surface area contributed by atoms with Crippen molar-refractivity contribution in [2.45, 2.75) is 33.3 Å². The van der Waals surface area contributed by atoms with Crippen molar-refractivity contribution in [1.82, 2.24) is 15.0 Å². The van der Waals surface area contributed by atoms with Crippen LogP contribution in [0.2, 0.25) is 0 Å². The van der Waals surface area contributed by atoms with Crippen molar-refractivity contribution in [3.63, 3.8) is 0 Å². The van der Waals surface area contributed by atoms with Gasteiger partial charge in [0, 0.05) is 27.4 Å². The smallest absolute Gasteiger partial charge is 0.306 e. The molecule has 2 aromatic heterocycles. The number of carbonyl (C=O) groups is 2. The third-order valence-corrected chi connectivity index (χ3v) is 4.95. The number of nitrogens with zero attached hydrogens (tertiary/aromatic N) is 3. The molecule has 0 aliphatic heterocycles. The Labute approximate surface area is 172 Å². The SMILES string of the molecule is Cc1cc(C(=O)CCC(=O)OCc2nc(N)nc(Nc3ccccc3)n2)c(C)s1. The van der Waals surface area contributed by atoms with Crippen molar-refractivity contribution in [2.24, 2.45) is 0 Å². The zero-order valence-electron chi connectivity index (χ0n) is 16.1. The summed E-state index contributed by atoms with van der Waals surface area (Å²) >= 11 is 1.57. The Balaban J connectivity index is 1.53. The number of esters is 1. The molecule has 3 N–H and O–H groups in total. The maximum Gasteiger partial charge on any atom is 0.306 e. The average Bonchev–Trinajstić information content (AvgIpc) is 3.03. The van der Waals surface area contributed by atoms with Crippen LogP contribution >= 0.6 is 11.3 Å². The highest BCUT2D eigenvalue weighted by Gasteiger charge is 2.15. The van der Waals surface area contributed by atoms with E-state index in [2.05, 4.69) is 20.3 Å². The van der Waals surface area contributed by atoms with E-state index < -0.39 is 5.97 Å². The summed E-state index contributed by atoms with van der Waals surface area (Å²) in [7, 11) is 0. The van der Waals surface area contributed by atoms with Crippen molar-refractivity contribution < 1.29 is 14.3 Å². The molecule has 0 radical (unpaired) electrons. The number of carbonyl (C=O) groups excluding carboxylic acids is 2. The lowest BCUT2D eigenvalue weighted by molar-refractivity contribution is -0.145. The third kappa shape index (κ3) is 5.82. The van der Waals surface area contributed by atoms with Crippen LogP contribution in [0, 0.1) is 13.8 Å². The van der Waals surface area contributed by atoms with Crippen LogP contribution in [0.25, 0.3) is 0 Å². The molecule has 8 nitrogen and oxygen atoms in total. The monoisotopic (exact) mass is 411 g/mol. The number of anilines is 3. The van der Waals surface area contributed by atoms with Gasteiger partial charge in [-0.05, 0) is 32.0 Å². The Morgan fingerprint density at radius 2 is 1.86 bits per heavy atom. The van der Waals surface area contributed by atoms with E-state index >= 15 is 0 Å². The molecule has 3 rings (SSSR count). The number of nitrogens with one attached hydrogen (secondary N) is 1. The van der Waals surface area contributed by atoms with E-state index in [0.29, 0.717) is 5.56 Å². The highest BCUT2D eigenvalue weighted by molar-refractivity contribution is 7.12. The topological polar surface area (TPSA) is 120 Å². The minimum atomic E-state index is -0.500. The fraction of sp³-hybridized carbons (Fsp3) is 0.250. The highest BCUT2D eigenvalue weighted by Crippen LogP contribution is 2.22. The van der Waals surface area contributed by atoms with Crippen LogP contribution in [0.1, 0.15) is 38.8 Å². The van der Waals surface area contributed by atoms with Crippen molar-refractivity contribution in [3.8, 4) is 0 Å². The number of para-hydroxylation sites is 1. The summed E-state index contributed by atoms with van der Waals surface area (Å²) in [6.07, 6.45) is 0.0822. The number of nitrogens with two attached hydrogens (primary N) is 1. The largest absolute Gasteiger partial charge is 0.457 e. The van der Waals surface area contributed by atoms with Crippen LogP contribution in [0.3, 0.4) is 0 Å². The standard InChI is InChI=1S/C20H21N5O3S/c1-12-10-15(13(2)29-12)16(26)8-9-18(27)28-11-17-23-19(21)25-20(24-17)22-14-6-4-3-5-7-14/h3-7,10H,8-9,11H2,1-2H3,(H3,21,22,23,24,25). The zero-order valence-corrected chi connectivity index (χ0v) is 17.0. The first-order valence-corrected chi connectivity index (χ1v) is 9.80. The number of ketones is 1. The second-order valence-electron chi connectivity index (χ2n) is 6.34. The molecule has 3 aromatic rings. The van der Waals surface area contributed by atoms with E-state index in [1.54, 1.807) is 11.3 Å². The summed E-state index contributed by atoms with van der Waals surface area (Å²) in [5.41, 5.74) is 7.17. The van der Waals surface area contributed by atoms with Gasteiger partial charge in [0.2, 0.25) is 11.9 Å². The van der Waals surface area contributed by atoms with E-state index in [9.17, 15) is 9.59 Å². The van der Waals surface area contributed by atoms with Gasteiger partial charge in [0.1, 0.15) is 0 Å². The Hall–Kier alpha value is -3.33. The number of rotatable bonds is 8. The normalized spacial score (nSPS) is 10.6. The summed E-state index contributed by atoms with van der Waals surface area (Å²) in [6.45, 7) is 3.69. The van der Waals surface area contributed by atoms with Crippen LogP contribution in [0.15, 0.2) is 36.4 Å². The number of hydrogen-bond donors (Lipinski definition) is 2. The van der Waals surface area contributed by atoms with Gasteiger partial charge < -0.3 is 15.8 Å². The van der Waals surface area contributed by atoms with Crippen LogP contribution in [0.5, 0.6) is 0 Å². The van der Waals surface area contributed by atoms with Gasteiger partial charge in [0.15, 0.2) is 18.2 Å². The number of nitrogen functional groups attached to an aromatic ring is 1. The molecule has 29 heavy (non-hydrogen) atoms. The number of benzene rings is 1. The van der Waals surface area contributed by atoms with Gasteiger partial charge in [-0.2, -0.15) is 15.0 Å². The second-order valence-corrected chi connectivity index (χ2v) is 7.80. The molecule has 0 aliphatic rings. The van der Waals surface area contributed by atoms with Crippen LogP contribution in [0.4, 0.5) is 17.6 Å². The molecule has 0 bridgehead atoms. The minimum Gasteiger partial charge on any atom is -0.457 e. The predicted octanol–water partition coefficient (Wildman–Crippen LogP) is 3.58. The van der Waals surface area contributed by atoms with Gasteiger partial charge >= 0.3 is 5.97 Å². The summed E-state index contributed by atoms with van der Waals surface area (Å²) in [4.78, 5) is 38.5. The van der Waals surface area contributed by atoms with E-state index in [0.717, 1.165) is 15.4 Å². The van der Waals surface area contributed by atoms with Gasteiger partial charge in [-0.3, -0.25) is 9.59 Å². The molecule has 0 aliphatic carbocycles. The fourth-order valence-corrected chi connectivity index (χ4v) is 3.63. The van der Waals surface area contributed by atoms with Crippen molar-refractivity contribution in [2.75, 3.05) is 11.1 Å². The first-order valence-electron chi connectivity index (χ1n) is 8.99. The fourth-order valence-electron chi connectivity index (χ4n) is 2.68. The Morgan fingerprint density at radius 1 is 1.10 bits per heavy atom. The minimum absolute atomic E-state index is 0.0111. The number of thiophene rings is 1. The van der Waals surface area contributed by atoms with Crippen LogP contribution < -0.4 is 11.1 Å². The summed E-state index contributed by atoms with van der Waals surface area (Å²) in [6, 6.07) is 11.2. The number of Topliss-reactive ketones (excluding diaryl/α,β-unsaturated/α-hetero) is 1. The number of ether oxygens (including phenoxy) is 1. The molecule has 9 heteroatoms. The Kier molecular flexibility index (Phi) is 6.50. The van der Waals surface area contributed by atoms with Gasteiger partial charge in [0.05, 0.1) is 6.42 Å². The average molecular weight is 411 g/mol. The highest BCUT2D eigenvalue weighted by atomic mass is 32.1. The molecule has 0 fully saturated rings. The van der Waals surface area contributed by atoms with E-state index in [1.165, 1.54) is 0 Å². The van der Waals surface area contributed by atoms with Crippen LogP contribution in [-0.4, -0.2) is 26.7 Å². The molecule has 0 atom stereocenters. The van der Waals surface area contributed by atoms with Crippen molar-refractivity contribution in [3.05, 3.63) is 57.5 Å². The number of aryl methyl sites for hydroxylation is 2. The van der Waals surface area contributed by atoms with E-state index in [-0.39, 0.29) is 43.0 Å². The Morgan fingerprint density at radius 3 is 2.55 bits per heavy atom. The maximum atomic E-state index is 12.3. The van der Waals surface area contributed by atoms with E-state index in [4.69, 9.17) is 10.5 Å². The first-order chi connectivity index (χ1) is 13.9. The van der Waals surface area contributed by atoms with Crippen LogP contribution in [-0.2, 0) is 16.1 Å². The summed E-state index contributed by atoms with van der Waals surface area (Å²) in [5, 5.41) is 3.01. The third-order valence-electron chi connectivity index (χ3n) is 3.99. The zero-order chi connectivity index (χ0) is 20.8. The summed E-state index contributed by atoms with van der Waals surface area (Å²) < 4.78 is 5.19. The Bertz CT molecular complexity index is 1020. The summed E-state index contributed by atoms with van der Waals surface area (Å²) in [5.74, 6) is -0.0711. The number of aromatic nitrogens is 3. The van der Waals surface area contributed by atoms with Gasteiger partial charge in [0.25, 0.3) is 0 Å².